The fourth-order valence-corrected chi connectivity index (χ4v) is 5.95. The van der Waals surface area contributed by atoms with Crippen molar-refractivity contribution >= 4 is 17.7 Å². The lowest BCUT2D eigenvalue weighted by atomic mass is 9.89. The number of amides is 1. The largest absolute Gasteiger partial charge is 0.445 e. The average molecular weight is 616 g/mol. The highest BCUT2D eigenvalue weighted by atomic mass is 16.6. The van der Waals surface area contributed by atoms with Gasteiger partial charge in [0.25, 0.3) is 0 Å². The van der Waals surface area contributed by atoms with E-state index in [1.807, 2.05) is 91.2 Å². The highest BCUT2D eigenvalue weighted by Crippen LogP contribution is 2.30. The summed E-state index contributed by atoms with van der Waals surface area (Å²) in [6.07, 6.45) is 6.61. The number of likely N-dealkylation sites (tertiary alicyclic amines) is 1. The lowest BCUT2D eigenvalue weighted by Crippen LogP contribution is -2.39. The number of benzene rings is 2. The third-order valence-corrected chi connectivity index (χ3v) is 8.68. The minimum atomic E-state index is -0.586. The molecule has 234 valence electrons. The van der Waals surface area contributed by atoms with E-state index < -0.39 is 6.10 Å². The van der Waals surface area contributed by atoms with E-state index in [2.05, 4.69) is 21.4 Å². The number of aromatic nitrogens is 4. The second-order valence-corrected chi connectivity index (χ2v) is 11.9. The SMILES string of the molecule is Cc1cccn2c(-c3nc(N[C@@H](C)c4ccc(C(O)CC5CCN(C(=O)OCc6ccccc6)CC5)cc4)ncc3C#N)cnc12. The lowest BCUT2D eigenvalue weighted by molar-refractivity contribution is 0.0719. The van der Waals surface area contributed by atoms with Crippen LogP contribution in [-0.4, -0.2) is 48.5 Å². The number of anilines is 1. The zero-order valence-corrected chi connectivity index (χ0v) is 26.0. The summed E-state index contributed by atoms with van der Waals surface area (Å²) in [5.41, 5.74) is 6.29. The van der Waals surface area contributed by atoms with Gasteiger partial charge in [-0.15, -0.1) is 0 Å². The Hall–Kier alpha value is -5.27. The molecule has 0 bridgehead atoms. The molecule has 0 spiro atoms. The van der Waals surface area contributed by atoms with Crippen molar-refractivity contribution in [1.82, 2.24) is 24.3 Å². The Balaban J connectivity index is 1.03. The van der Waals surface area contributed by atoms with Crippen molar-refractivity contribution in [2.75, 3.05) is 18.4 Å². The Bertz CT molecular complexity index is 1840. The molecule has 10 heteroatoms. The van der Waals surface area contributed by atoms with Gasteiger partial charge >= 0.3 is 6.09 Å². The number of fused-ring (bicyclic) bond motifs is 1. The molecule has 46 heavy (non-hydrogen) atoms. The smallest absolute Gasteiger partial charge is 0.410 e. The third kappa shape index (κ3) is 6.85. The number of pyridine rings is 1. The molecule has 6 rings (SSSR count). The number of carbonyl (C=O) groups excluding carboxylic acids is 1. The number of rotatable bonds is 9. The number of nitrogens with one attached hydrogen (secondary N) is 1. The van der Waals surface area contributed by atoms with E-state index in [9.17, 15) is 15.2 Å². The molecule has 10 nitrogen and oxygen atoms in total. The normalized spacial score (nSPS) is 14.9. The number of aliphatic hydroxyl groups excluding tert-OH is 1. The molecule has 2 N–H and O–H groups in total. The molecule has 1 fully saturated rings. The van der Waals surface area contributed by atoms with Crippen molar-refractivity contribution in [3.05, 3.63) is 113 Å². The number of carbonyl (C=O) groups is 1. The number of nitrogens with zero attached hydrogens (tertiary/aromatic N) is 6. The van der Waals surface area contributed by atoms with Gasteiger partial charge in [0, 0.05) is 19.3 Å². The van der Waals surface area contributed by atoms with E-state index in [1.165, 1.54) is 6.20 Å². The summed E-state index contributed by atoms with van der Waals surface area (Å²) in [7, 11) is 0. The summed E-state index contributed by atoms with van der Waals surface area (Å²) in [4.78, 5) is 27.9. The molecule has 1 unspecified atom stereocenters. The first-order valence-electron chi connectivity index (χ1n) is 15.6. The minimum absolute atomic E-state index is 0.123. The summed E-state index contributed by atoms with van der Waals surface area (Å²) >= 11 is 0. The molecule has 4 heterocycles. The van der Waals surface area contributed by atoms with E-state index in [4.69, 9.17) is 9.72 Å². The van der Waals surface area contributed by atoms with Crippen molar-refractivity contribution in [2.24, 2.45) is 5.92 Å². The van der Waals surface area contributed by atoms with Crippen LogP contribution in [0.1, 0.15) is 66.1 Å². The number of imidazole rings is 1. The Kier molecular flexibility index (Phi) is 9.22. The van der Waals surface area contributed by atoms with Gasteiger partial charge in [0.1, 0.15) is 24.0 Å². The maximum absolute atomic E-state index is 12.5. The first-order chi connectivity index (χ1) is 22.4. The number of aliphatic hydroxyl groups is 1. The molecule has 0 aliphatic carbocycles. The number of hydrogen-bond acceptors (Lipinski definition) is 8. The van der Waals surface area contributed by atoms with Gasteiger partial charge in [-0.25, -0.2) is 19.7 Å². The number of hydrogen-bond donors (Lipinski definition) is 2. The maximum atomic E-state index is 12.5. The first-order valence-corrected chi connectivity index (χ1v) is 15.6. The fourth-order valence-electron chi connectivity index (χ4n) is 5.95. The predicted molar refractivity (Wildman–Crippen MR) is 175 cm³/mol. The van der Waals surface area contributed by atoms with Crippen LogP contribution in [0.5, 0.6) is 0 Å². The summed E-state index contributed by atoms with van der Waals surface area (Å²) < 4.78 is 7.41. The zero-order valence-electron chi connectivity index (χ0n) is 26.0. The molecule has 1 aliphatic heterocycles. The van der Waals surface area contributed by atoms with Gasteiger partial charge < -0.3 is 20.1 Å². The van der Waals surface area contributed by atoms with Crippen LogP contribution in [0.25, 0.3) is 17.0 Å². The Morgan fingerprint density at radius 2 is 1.78 bits per heavy atom. The van der Waals surface area contributed by atoms with Crippen molar-refractivity contribution in [1.29, 1.82) is 5.26 Å². The molecule has 0 saturated carbocycles. The highest BCUT2D eigenvalue weighted by molar-refractivity contribution is 5.68. The molecule has 0 radical (unpaired) electrons. The summed E-state index contributed by atoms with van der Waals surface area (Å²) in [6.45, 7) is 5.54. The molecule has 1 saturated heterocycles. The summed E-state index contributed by atoms with van der Waals surface area (Å²) in [6, 6.07) is 23.6. The minimum Gasteiger partial charge on any atom is -0.445 e. The van der Waals surface area contributed by atoms with Gasteiger partial charge in [-0.1, -0.05) is 60.7 Å². The van der Waals surface area contributed by atoms with Gasteiger partial charge in [-0.05, 0) is 67.3 Å². The van der Waals surface area contributed by atoms with Crippen LogP contribution in [0.4, 0.5) is 10.7 Å². The quantitative estimate of drug-likeness (QED) is 0.189. The average Bonchev–Trinajstić information content (AvgIpc) is 3.53. The summed E-state index contributed by atoms with van der Waals surface area (Å²) in [5.74, 6) is 0.733. The van der Waals surface area contributed by atoms with Crippen LogP contribution in [0.15, 0.2) is 85.3 Å². The fraction of sp³-hybridized carbons (Fsp3) is 0.306. The van der Waals surface area contributed by atoms with Gasteiger partial charge in [0.15, 0.2) is 0 Å². The van der Waals surface area contributed by atoms with Crippen LogP contribution < -0.4 is 5.32 Å². The highest BCUT2D eigenvalue weighted by Gasteiger charge is 2.26. The summed E-state index contributed by atoms with van der Waals surface area (Å²) in [5, 5.41) is 24.1. The van der Waals surface area contributed by atoms with Gasteiger partial charge in [-0.3, -0.25) is 4.40 Å². The monoisotopic (exact) mass is 615 g/mol. The topological polar surface area (TPSA) is 129 Å². The van der Waals surface area contributed by atoms with Crippen LogP contribution in [0, 0.1) is 24.2 Å². The third-order valence-electron chi connectivity index (χ3n) is 8.68. The molecule has 2 atom stereocenters. The van der Waals surface area contributed by atoms with E-state index >= 15 is 0 Å². The van der Waals surface area contributed by atoms with Crippen molar-refractivity contribution in [3.8, 4) is 17.5 Å². The van der Waals surface area contributed by atoms with Crippen LogP contribution in [-0.2, 0) is 11.3 Å². The molecule has 2 aromatic carbocycles. The number of ether oxygens (including phenoxy) is 1. The Morgan fingerprint density at radius 3 is 2.52 bits per heavy atom. The molecule has 1 amide bonds. The van der Waals surface area contributed by atoms with Gasteiger partial charge in [0.05, 0.1) is 35.8 Å². The maximum Gasteiger partial charge on any atom is 0.410 e. The lowest BCUT2D eigenvalue weighted by Gasteiger charge is -2.32. The van der Waals surface area contributed by atoms with Crippen molar-refractivity contribution in [3.63, 3.8) is 0 Å². The molecular formula is C36H37N7O3. The van der Waals surface area contributed by atoms with E-state index in [1.54, 1.807) is 11.1 Å². The van der Waals surface area contributed by atoms with Gasteiger partial charge in [-0.2, -0.15) is 5.26 Å². The number of piperidine rings is 1. The Labute approximate surface area is 268 Å². The van der Waals surface area contributed by atoms with Crippen LogP contribution >= 0.6 is 0 Å². The Morgan fingerprint density at radius 1 is 1.04 bits per heavy atom. The zero-order chi connectivity index (χ0) is 32.0. The van der Waals surface area contributed by atoms with E-state index in [0.717, 1.165) is 46.4 Å². The van der Waals surface area contributed by atoms with E-state index in [-0.39, 0.29) is 18.7 Å². The molecular weight excluding hydrogens is 578 g/mol. The van der Waals surface area contributed by atoms with Crippen LogP contribution in [0.3, 0.4) is 0 Å². The standard InChI is InChI=1S/C36H37N7O3/c1-24-7-6-16-43-31(22-38-34(24)43)33-30(20-37)21-39-35(41-33)40-25(2)28-10-12-29(13-11-28)32(44)19-26-14-17-42(18-15-26)36(45)46-23-27-8-4-3-5-9-27/h3-13,16,21-22,25-26,32,44H,14-15,17-19,23H2,1-2H3,(H,39,40,41)/t25-,32?/m0/s1. The number of aryl methyl sites for hydroxylation is 1. The number of nitriles is 1. The second-order valence-electron chi connectivity index (χ2n) is 11.9. The second kappa shape index (κ2) is 13.8. The van der Waals surface area contributed by atoms with E-state index in [0.29, 0.717) is 42.6 Å². The van der Waals surface area contributed by atoms with Crippen molar-refractivity contribution in [2.45, 2.75) is 51.9 Å². The predicted octanol–water partition coefficient (Wildman–Crippen LogP) is 6.62. The van der Waals surface area contributed by atoms with Crippen LogP contribution in [0.2, 0.25) is 0 Å². The first kappa shape index (κ1) is 30.7. The van der Waals surface area contributed by atoms with Crippen molar-refractivity contribution < 1.29 is 14.6 Å². The molecule has 5 aromatic rings. The molecule has 1 aliphatic rings. The molecule has 3 aromatic heterocycles. The van der Waals surface area contributed by atoms with Gasteiger partial charge in [0.2, 0.25) is 5.95 Å².